The maximum absolute atomic E-state index is 2.32. The molecule has 1 fully saturated rings. The molecule has 0 spiro atoms. The smallest absolute Gasteiger partial charge is 0.170 e. The van der Waals surface area contributed by atoms with Crippen molar-refractivity contribution < 1.29 is 43.1 Å². The highest BCUT2D eigenvalue weighted by atomic mass is 79.9. The molecule has 2 heterocycles. The monoisotopic (exact) mass is 470 g/mol. The van der Waals surface area contributed by atoms with Crippen LogP contribution in [0.4, 0.5) is 11.4 Å². The summed E-state index contributed by atoms with van der Waals surface area (Å²) in [5.41, 5.74) is 2.51. The third-order valence-electron chi connectivity index (χ3n) is 4.74. The number of hydrogen-bond acceptors (Lipinski definition) is 2. The number of nitrogens with zero attached hydrogens (tertiary/aromatic N) is 4. The maximum atomic E-state index is 2.32. The first kappa shape index (κ1) is 21.9. The van der Waals surface area contributed by atoms with Crippen LogP contribution < -0.4 is 52.9 Å². The molecule has 0 aliphatic heterocycles. The Labute approximate surface area is 172 Å². The fourth-order valence-corrected chi connectivity index (χ4v) is 3.04. The third kappa shape index (κ3) is 5.96. The Morgan fingerprint density at radius 2 is 1.04 bits per heavy atom. The molecule has 0 bridgehead atoms. The lowest BCUT2D eigenvalue weighted by Gasteiger charge is -2.10. The first-order valence-corrected chi connectivity index (χ1v) is 8.36. The van der Waals surface area contributed by atoms with Gasteiger partial charge in [-0.1, -0.05) is 0 Å². The molecule has 0 aromatic carbocycles. The molecule has 3 rings (SSSR count). The second-order valence-corrected chi connectivity index (χ2v) is 7.05. The van der Waals surface area contributed by atoms with E-state index in [1.165, 1.54) is 17.8 Å². The Morgan fingerprint density at radius 3 is 1.32 bits per heavy atom. The summed E-state index contributed by atoms with van der Waals surface area (Å²) in [5, 5.41) is 0. The Balaban J connectivity index is 0.00000156. The molecule has 0 radical (unpaired) electrons. The van der Waals surface area contributed by atoms with E-state index < -0.39 is 0 Å². The van der Waals surface area contributed by atoms with Crippen LogP contribution in [0.15, 0.2) is 49.1 Å². The van der Waals surface area contributed by atoms with Crippen molar-refractivity contribution in [2.45, 2.75) is 19.5 Å². The predicted molar refractivity (Wildman–Crippen MR) is 93.5 cm³/mol. The van der Waals surface area contributed by atoms with Crippen LogP contribution >= 0.6 is 0 Å². The van der Waals surface area contributed by atoms with Gasteiger partial charge in [0.05, 0.1) is 0 Å². The molecule has 0 amide bonds. The van der Waals surface area contributed by atoms with E-state index >= 15 is 0 Å². The van der Waals surface area contributed by atoms with Crippen molar-refractivity contribution in [3.05, 3.63) is 49.1 Å². The lowest BCUT2D eigenvalue weighted by atomic mass is 10.3. The fraction of sp³-hybridized carbons (Fsp3) is 0.474. The zero-order valence-electron chi connectivity index (χ0n) is 15.4. The Morgan fingerprint density at radius 1 is 0.720 bits per heavy atom. The molecule has 138 valence electrons. The Hall–Kier alpha value is -1.14. The summed E-state index contributed by atoms with van der Waals surface area (Å²) in [7, 11) is 8.32. The van der Waals surface area contributed by atoms with Crippen LogP contribution in [0.2, 0.25) is 0 Å². The molecular formula is C19H28Br2N4. The summed E-state index contributed by atoms with van der Waals surface area (Å²) in [6.07, 6.45) is 10.1. The highest BCUT2D eigenvalue weighted by molar-refractivity contribution is 5.42. The molecule has 6 heteroatoms. The standard InChI is InChI=1S/C19H28N4.2BrH/c1-20(2)18-5-9-22(10-6-18)14-16-13-17(16)15-23-11-7-19(8-12-23)21(3)4;;/h5-12,16-17H,13-15H2,1-4H3;2*1H/q+2;;/p-2/t16-,17-;;/m1../s1. The van der Waals surface area contributed by atoms with Crippen LogP contribution in [-0.2, 0) is 13.1 Å². The van der Waals surface area contributed by atoms with Crippen molar-refractivity contribution in [1.29, 1.82) is 0 Å². The van der Waals surface area contributed by atoms with Crippen molar-refractivity contribution in [2.24, 2.45) is 11.8 Å². The normalized spacial score (nSPS) is 17.9. The van der Waals surface area contributed by atoms with Crippen LogP contribution in [0.5, 0.6) is 0 Å². The number of anilines is 2. The van der Waals surface area contributed by atoms with Gasteiger partial charge in [0.2, 0.25) is 0 Å². The van der Waals surface area contributed by atoms with Gasteiger partial charge in [-0.25, -0.2) is 9.13 Å². The zero-order chi connectivity index (χ0) is 16.4. The van der Waals surface area contributed by atoms with Gasteiger partial charge in [0, 0.05) is 75.7 Å². The van der Waals surface area contributed by atoms with Crippen LogP contribution in [0.25, 0.3) is 0 Å². The topological polar surface area (TPSA) is 14.2 Å². The summed E-state index contributed by atoms with van der Waals surface area (Å²) in [5.74, 6) is 1.62. The lowest BCUT2D eigenvalue weighted by molar-refractivity contribution is -0.709. The van der Waals surface area contributed by atoms with E-state index in [1.807, 2.05) is 0 Å². The minimum absolute atomic E-state index is 0. The summed E-state index contributed by atoms with van der Waals surface area (Å²) in [4.78, 5) is 4.27. The van der Waals surface area contributed by atoms with E-state index in [9.17, 15) is 0 Å². The number of pyridine rings is 2. The second-order valence-electron chi connectivity index (χ2n) is 7.05. The Kier molecular flexibility index (Phi) is 8.35. The quantitative estimate of drug-likeness (QED) is 0.396. The summed E-state index contributed by atoms with van der Waals surface area (Å²) in [6, 6.07) is 8.75. The molecule has 1 saturated carbocycles. The lowest BCUT2D eigenvalue weighted by Crippen LogP contribution is -3.00. The van der Waals surface area contributed by atoms with Gasteiger partial charge in [0.1, 0.15) is 0 Å². The summed E-state index contributed by atoms with van der Waals surface area (Å²) < 4.78 is 4.63. The number of hydrogen-bond donors (Lipinski definition) is 0. The van der Waals surface area contributed by atoms with Crippen molar-refractivity contribution in [2.75, 3.05) is 38.0 Å². The molecule has 2 atom stereocenters. The molecule has 1 aliphatic rings. The molecule has 2 aromatic heterocycles. The van der Waals surface area contributed by atoms with Crippen molar-refractivity contribution in [3.8, 4) is 0 Å². The molecule has 0 unspecified atom stereocenters. The minimum atomic E-state index is 0. The van der Waals surface area contributed by atoms with E-state index in [2.05, 4.69) is 96.2 Å². The number of halogens is 2. The minimum Gasteiger partial charge on any atom is -1.00 e. The third-order valence-corrected chi connectivity index (χ3v) is 4.74. The van der Waals surface area contributed by atoms with Gasteiger partial charge in [-0.05, 0) is 6.42 Å². The van der Waals surface area contributed by atoms with Gasteiger partial charge in [-0.2, -0.15) is 0 Å². The fourth-order valence-electron chi connectivity index (χ4n) is 3.04. The van der Waals surface area contributed by atoms with E-state index in [4.69, 9.17) is 0 Å². The molecular weight excluding hydrogens is 444 g/mol. The Bertz CT molecular complexity index is 584. The summed E-state index contributed by atoms with van der Waals surface area (Å²) >= 11 is 0. The van der Waals surface area contributed by atoms with Gasteiger partial charge in [-0.3, -0.25) is 0 Å². The van der Waals surface area contributed by atoms with Crippen LogP contribution in [-0.4, -0.2) is 28.2 Å². The van der Waals surface area contributed by atoms with Crippen molar-refractivity contribution in [3.63, 3.8) is 0 Å². The molecule has 2 aromatic rings. The molecule has 0 N–H and O–H groups in total. The zero-order valence-corrected chi connectivity index (χ0v) is 18.6. The highest BCUT2D eigenvalue weighted by Crippen LogP contribution is 2.38. The van der Waals surface area contributed by atoms with Gasteiger partial charge < -0.3 is 43.8 Å². The van der Waals surface area contributed by atoms with Gasteiger partial charge in [0.25, 0.3) is 0 Å². The van der Waals surface area contributed by atoms with Gasteiger partial charge in [-0.15, -0.1) is 0 Å². The predicted octanol–water partition coefficient (Wildman–Crippen LogP) is -4.26. The number of aromatic nitrogens is 2. The number of rotatable bonds is 6. The van der Waals surface area contributed by atoms with E-state index in [0.717, 1.165) is 24.9 Å². The first-order valence-electron chi connectivity index (χ1n) is 8.36. The van der Waals surface area contributed by atoms with Crippen molar-refractivity contribution in [1.82, 2.24) is 0 Å². The van der Waals surface area contributed by atoms with Crippen LogP contribution in [0, 0.1) is 11.8 Å². The average molecular weight is 472 g/mol. The molecule has 1 aliphatic carbocycles. The van der Waals surface area contributed by atoms with Crippen LogP contribution in [0.3, 0.4) is 0 Å². The average Bonchev–Trinajstić information content (AvgIpc) is 3.25. The SMILES string of the molecule is CN(C)c1cc[n+](C[C@H]2C[C@@H]2C[n+]2ccc(N(C)C)cc2)cc1.[Br-].[Br-]. The largest absolute Gasteiger partial charge is 1.00 e. The van der Waals surface area contributed by atoms with E-state index in [-0.39, 0.29) is 34.0 Å². The second kappa shape index (κ2) is 9.53. The maximum Gasteiger partial charge on any atom is 0.170 e. The summed E-state index contributed by atoms with van der Waals surface area (Å²) in [6.45, 7) is 2.27. The van der Waals surface area contributed by atoms with Gasteiger partial charge >= 0.3 is 0 Å². The first-order chi connectivity index (χ1) is 11.0. The van der Waals surface area contributed by atoms with E-state index in [0.29, 0.717) is 0 Å². The molecule has 25 heavy (non-hydrogen) atoms. The van der Waals surface area contributed by atoms with Crippen LogP contribution in [0.1, 0.15) is 6.42 Å². The van der Waals surface area contributed by atoms with Gasteiger partial charge in [0.15, 0.2) is 37.9 Å². The van der Waals surface area contributed by atoms with E-state index in [1.54, 1.807) is 0 Å². The molecule has 4 nitrogen and oxygen atoms in total. The molecule has 0 saturated heterocycles. The van der Waals surface area contributed by atoms with Crippen molar-refractivity contribution >= 4 is 11.4 Å². The highest BCUT2D eigenvalue weighted by Gasteiger charge is 2.42.